The van der Waals surface area contributed by atoms with Crippen LogP contribution in [-0.4, -0.2) is 85.6 Å². The Balaban J connectivity index is 3.83. The van der Waals surface area contributed by atoms with Crippen LogP contribution in [0.5, 0.6) is 0 Å². The van der Waals surface area contributed by atoms with Crippen LogP contribution in [0, 0.1) is 0 Å². The Kier molecular flexibility index (Phi) is 84.1. The Hall–Kier alpha value is -4.92. The number of hydrogen-bond donors (Lipinski definition) is 4. The largest absolute Gasteiger partial charge is 0.481 e. The van der Waals surface area contributed by atoms with Gasteiger partial charge in [0.25, 0.3) is 0 Å². The molecule has 0 saturated heterocycles. The summed E-state index contributed by atoms with van der Waals surface area (Å²) in [5.74, 6) is -2.87. The molecule has 59 nitrogen and oxygen atoms in total. The van der Waals surface area contributed by atoms with Gasteiger partial charge in [0.1, 0.15) is 26.1 Å². The lowest BCUT2D eigenvalue weighted by Crippen LogP contribution is -2.30. The second-order valence-electron chi connectivity index (χ2n) is 20.4. The average molecular weight is 1670 g/mol. The second-order valence-corrected chi connectivity index (χ2v) is 21.8. The van der Waals surface area contributed by atoms with E-state index < -0.39 is 76.9 Å². The highest BCUT2D eigenvalue weighted by molar-refractivity contribution is 7.47. The zero-order valence-electron chi connectivity index (χ0n) is 59.3. The lowest BCUT2D eigenvalue weighted by Gasteiger charge is -2.20. The molecular weight excluding hydrogens is 1570 g/mol. The number of hydrogen-bond acceptors (Lipinski definition) is 55. The summed E-state index contributed by atoms with van der Waals surface area (Å²) in [6.45, 7) is 1.68. The molecule has 0 heterocycles. The number of alkyl carbamates (subject to hydrolysis) is 1. The first kappa shape index (κ1) is 105. The summed E-state index contributed by atoms with van der Waals surface area (Å²) in [7, 11) is -4.77. The number of carbonyl (C=O) groups is 5. The normalized spacial score (nSPS) is 12.4. The number of ether oxygens (including phenoxy) is 3. The molecule has 0 bridgehead atoms. The van der Waals surface area contributed by atoms with Gasteiger partial charge >= 0.3 is 31.8 Å². The van der Waals surface area contributed by atoms with Crippen LogP contribution in [0.3, 0.4) is 0 Å². The first-order valence-electron chi connectivity index (χ1n) is 33.3. The SMILES string of the molecule is CCCCCCCCCCCCCCCCCC(=O)OC[C@H](COP(=O)(O)OCCNC(=O)OCCOOOOOOOOOOOOOOOOOOOOOOOOOOOOOOOOOOOOOOOOOOOO/C=C\NC(=O)CCC(=O)O)OC(=O)CCCCCCCCCCCCCCCCC. The average Bonchev–Trinajstić information content (AvgIpc) is 0.908. The van der Waals surface area contributed by atoms with E-state index in [1.165, 1.54) is 135 Å². The Morgan fingerprint density at radius 3 is 0.982 bits per heavy atom. The molecule has 650 valence electrons. The van der Waals surface area contributed by atoms with Crippen molar-refractivity contribution in [2.45, 2.75) is 238 Å². The molecule has 110 heavy (non-hydrogen) atoms. The summed E-state index contributed by atoms with van der Waals surface area (Å²) in [5.41, 5.74) is 0. The summed E-state index contributed by atoms with van der Waals surface area (Å²) >= 11 is 0. The summed E-state index contributed by atoms with van der Waals surface area (Å²) in [4.78, 5) is 77.9. The van der Waals surface area contributed by atoms with Crippen LogP contribution in [0.25, 0.3) is 0 Å². The smallest absolute Gasteiger partial charge is 0.472 e. The fourth-order valence-corrected chi connectivity index (χ4v) is 8.39. The third-order valence-corrected chi connectivity index (χ3v) is 13.3. The van der Waals surface area contributed by atoms with Gasteiger partial charge in [-0.1, -0.05) is 194 Å². The van der Waals surface area contributed by atoms with E-state index in [0.717, 1.165) is 57.4 Å². The van der Waals surface area contributed by atoms with Gasteiger partial charge in [0.2, 0.25) is 5.91 Å². The van der Waals surface area contributed by atoms with Crippen LogP contribution >= 0.6 is 7.82 Å². The van der Waals surface area contributed by atoms with Gasteiger partial charge in [-0.05, 0) is 53.1 Å². The van der Waals surface area contributed by atoms with Crippen molar-refractivity contribution in [3.63, 3.8) is 0 Å². The number of phosphoric acid groups is 1. The second kappa shape index (κ2) is 88.0. The van der Waals surface area contributed by atoms with Crippen LogP contribution in [0.15, 0.2) is 12.5 Å². The van der Waals surface area contributed by atoms with Crippen molar-refractivity contribution in [2.75, 3.05) is 39.6 Å². The van der Waals surface area contributed by atoms with Crippen molar-refractivity contribution in [1.82, 2.24) is 10.6 Å². The van der Waals surface area contributed by atoms with E-state index in [9.17, 15) is 33.4 Å². The highest BCUT2D eigenvalue weighted by atomic mass is 31.2. The molecule has 1 unspecified atom stereocenters. The van der Waals surface area contributed by atoms with Crippen LogP contribution in [0.1, 0.15) is 232 Å². The van der Waals surface area contributed by atoms with Crippen molar-refractivity contribution >= 4 is 37.7 Å². The van der Waals surface area contributed by atoms with Crippen LogP contribution < -0.4 is 10.6 Å². The van der Waals surface area contributed by atoms with E-state index in [-0.39, 0.29) is 32.2 Å². The maximum Gasteiger partial charge on any atom is 0.472 e. The third kappa shape index (κ3) is 88.6. The first-order valence-corrected chi connectivity index (χ1v) is 34.8. The van der Waals surface area contributed by atoms with E-state index in [1.807, 2.05) is 0 Å². The lowest BCUT2D eigenvalue weighted by atomic mass is 10.0. The summed E-state index contributed by atoms with van der Waals surface area (Å²) in [6.07, 6.45) is 34.2. The van der Waals surface area contributed by atoms with Gasteiger partial charge in [0.05, 0.1) is 19.6 Å². The maximum atomic E-state index is 12.9. The number of carbonyl (C=O) groups excluding carboxylic acids is 4. The Bertz CT molecular complexity index is 2080. The minimum atomic E-state index is -4.77. The molecule has 0 rings (SSSR count). The predicted molar refractivity (Wildman–Crippen MR) is 308 cm³/mol. The molecule has 2 amide bonds. The number of nitrogens with one attached hydrogen (secondary N) is 2. The number of carboxylic acids is 1. The number of phosphoric ester groups is 1. The molecular formula is C50H93N2O57P. The number of unbranched alkanes of at least 4 members (excludes halogenated alkanes) is 28. The van der Waals surface area contributed by atoms with E-state index in [1.54, 1.807) is 0 Å². The summed E-state index contributed by atoms with van der Waals surface area (Å²) < 4.78 is 38.4. The van der Waals surface area contributed by atoms with Gasteiger partial charge in [-0.15, -0.1) is 0 Å². The minimum Gasteiger partial charge on any atom is -0.481 e. The standard InChI is InChI=1S/C50H93N2O57P/c1-3-5-7-9-11-13-15-17-19-21-23-25-27-29-31-33-48(56)62-43-45(67-49(57)34-32-30-28-26-24-22-20-18-16-14-12-10-8-6-4-2)44-66-110(59,60)65-40-38-52-50(58)61-41-42-64-69-71-73-75-77-79-81-83-85-87-89-91-93-95-97-99-101-103-105-107-109-108-106-104-102-100-98-96-94-92-90-88-86-84-82-80-78-76-74-72-70-68-63-39-37-51-46(53)35-36-47(54)55/h37,39,45H,3-36,38,40-44H2,1-2H3,(H,51,53)(H,52,58)(H,54,55)(H,59,60)/b39-37-/t45-/m1/s1. The lowest BCUT2D eigenvalue weighted by molar-refractivity contribution is -0.909. The van der Waals surface area contributed by atoms with Crippen LogP contribution in [-0.2, 0) is 268 Å². The predicted octanol–water partition coefficient (Wildman–Crippen LogP) is 9.35. The highest BCUT2D eigenvalue weighted by Gasteiger charge is 2.26. The molecule has 0 fully saturated rings. The first-order chi connectivity index (χ1) is 54.0. The third-order valence-electron chi connectivity index (χ3n) is 12.3. The number of carboxylic acid groups (broad SMARTS) is 1. The van der Waals surface area contributed by atoms with Gasteiger partial charge in [-0.25, -0.2) is 14.2 Å². The van der Waals surface area contributed by atoms with Gasteiger partial charge < -0.3 is 39.7 Å². The molecule has 0 saturated carbocycles. The number of aliphatic carboxylic acids is 1. The molecule has 4 N–H and O–H groups in total. The molecule has 0 aliphatic rings. The van der Waals surface area contributed by atoms with Crippen molar-refractivity contribution in [3.05, 3.63) is 12.5 Å². The van der Waals surface area contributed by atoms with E-state index >= 15 is 0 Å². The molecule has 0 aromatic heterocycles. The Morgan fingerprint density at radius 1 is 0.336 bits per heavy atom. The van der Waals surface area contributed by atoms with E-state index in [4.69, 9.17) is 28.4 Å². The molecule has 0 aromatic carbocycles. The van der Waals surface area contributed by atoms with Crippen molar-refractivity contribution in [3.8, 4) is 0 Å². The highest BCUT2D eigenvalue weighted by Crippen LogP contribution is 2.43. The van der Waals surface area contributed by atoms with Crippen molar-refractivity contribution in [1.29, 1.82) is 0 Å². The summed E-state index contributed by atoms with van der Waals surface area (Å²) in [5, 5.41) is 164. The fraction of sp³-hybridized carbons (Fsp3) is 0.860. The van der Waals surface area contributed by atoms with Crippen molar-refractivity contribution < 1.29 is 283 Å². The van der Waals surface area contributed by atoms with Gasteiger partial charge in [-0.2, -0.15) is 0 Å². The monoisotopic (exact) mass is 1660 g/mol. The number of amides is 2. The quantitative estimate of drug-likeness (QED) is 0.00837. The Morgan fingerprint density at radius 2 is 0.645 bits per heavy atom. The molecule has 0 spiro atoms. The summed E-state index contributed by atoms with van der Waals surface area (Å²) in [6, 6.07) is 0. The van der Waals surface area contributed by atoms with E-state index in [0.29, 0.717) is 12.8 Å². The Labute approximate surface area is 621 Å². The molecule has 60 heteroatoms. The van der Waals surface area contributed by atoms with Gasteiger partial charge in [-0.3, -0.25) is 28.2 Å². The van der Waals surface area contributed by atoms with Crippen molar-refractivity contribution in [2.24, 2.45) is 0 Å². The topological polar surface area (TPSA) is 619 Å². The molecule has 2 atom stereocenters. The number of rotatable bonds is 93. The molecule has 0 aromatic rings. The fourth-order valence-electron chi connectivity index (χ4n) is 7.64. The zero-order chi connectivity index (χ0) is 79.7. The number of esters is 2. The van der Waals surface area contributed by atoms with Gasteiger partial charge in [0.15, 0.2) is 6.10 Å². The zero-order valence-corrected chi connectivity index (χ0v) is 60.2. The molecule has 0 radical (unpaired) electrons. The maximum absolute atomic E-state index is 12.9. The minimum absolute atomic E-state index is 0.106. The molecule has 0 aliphatic carbocycles. The van der Waals surface area contributed by atoms with Gasteiger partial charge in [0, 0.05) is 203 Å². The molecule has 0 aliphatic heterocycles. The van der Waals surface area contributed by atoms with Crippen LogP contribution in [0.4, 0.5) is 4.79 Å². The van der Waals surface area contributed by atoms with Crippen LogP contribution in [0.2, 0.25) is 0 Å². The van der Waals surface area contributed by atoms with E-state index in [2.05, 4.69) is 246 Å².